The smallest absolute Gasteiger partial charge is 0.134 e. The Bertz CT molecular complexity index is 223. The molecule has 3 fully saturated rings. The van der Waals surface area contributed by atoms with Crippen LogP contribution in [0.1, 0.15) is 131 Å². The van der Waals surface area contributed by atoms with Crippen LogP contribution in [0.4, 0.5) is 8.78 Å². The van der Waals surface area contributed by atoms with Gasteiger partial charge in [-0.2, -0.15) is 0 Å². The zero-order valence-corrected chi connectivity index (χ0v) is 19.0. The fourth-order valence-corrected chi connectivity index (χ4v) is 3.68. The Hall–Kier alpha value is -0.140. The highest BCUT2D eigenvalue weighted by Crippen LogP contribution is 2.28. The fourth-order valence-electron chi connectivity index (χ4n) is 3.68. The van der Waals surface area contributed by atoms with Crippen LogP contribution in [0.5, 0.6) is 0 Å². The van der Waals surface area contributed by atoms with E-state index in [0.717, 1.165) is 18.8 Å². The molecule has 0 amide bonds. The van der Waals surface area contributed by atoms with E-state index in [1.807, 2.05) is 27.7 Å². The van der Waals surface area contributed by atoms with Crippen LogP contribution in [0.25, 0.3) is 0 Å². The molecule has 0 aromatic heterocycles. The van der Waals surface area contributed by atoms with E-state index in [1.165, 1.54) is 70.6 Å². The van der Waals surface area contributed by atoms with Gasteiger partial charge in [-0.15, -0.1) is 0 Å². The van der Waals surface area contributed by atoms with Gasteiger partial charge in [-0.05, 0) is 24.7 Å². The molecule has 0 N–H and O–H groups in total. The van der Waals surface area contributed by atoms with Gasteiger partial charge in [-0.25, -0.2) is 8.78 Å². The molecule has 0 aromatic rings. The van der Waals surface area contributed by atoms with Crippen molar-refractivity contribution in [1.29, 1.82) is 0 Å². The van der Waals surface area contributed by atoms with Crippen LogP contribution < -0.4 is 0 Å². The number of alkyl halides is 2. The maximum atomic E-state index is 12.6. The molecule has 3 rings (SSSR count). The molecule has 0 nitrogen and oxygen atoms in total. The normalized spacial score (nSPS) is 28.4. The van der Waals surface area contributed by atoms with Crippen molar-refractivity contribution in [2.75, 3.05) is 0 Å². The van der Waals surface area contributed by atoms with Crippen molar-refractivity contribution in [3.05, 3.63) is 0 Å². The Labute approximate surface area is 164 Å². The minimum atomic E-state index is -1.20. The van der Waals surface area contributed by atoms with Gasteiger partial charge in [0.2, 0.25) is 0 Å². The summed E-state index contributed by atoms with van der Waals surface area (Å²) < 4.78 is 25.0. The van der Waals surface area contributed by atoms with Crippen molar-refractivity contribution in [3.8, 4) is 0 Å². The molecule has 3 atom stereocenters. The topological polar surface area (TPSA) is 0 Å². The Kier molecular flexibility index (Phi) is 22.9. The van der Waals surface area contributed by atoms with Crippen LogP contribution in [-0.4, -0.2) is 12.3 Å². The number of rotatable bonds is 0. The lowest BCUT2D eigenvalue weighted by Crippen LogP contribution is -2.29. The van der Waals surface area contributed by atoms with E-state index in [2.05, 4.69) is 6.92 Å². The van der Waals surface area contributed by atoms with Crippen LogP contribution in [0.2, 0.25) is 0 Å². The average molecular weight is 377 g/mol. The molecule has 0 heterocycles. The van der Waals surface area contributed by atoms with Gasteiger partial charge < -0.3 is 0 Å². The summed E-state index contributed by atoms with van der Waals surface area (Å²) in [7, 11) is 0. The molecule has 3 saturated carbocycles. The lowest BCUT2D eigenvalue weighted by atomic mass is 9.88. The largest absolute Gasteiger partial charge is 0.244 e. The highest BCUT2D eigenvalue weighted by atomic mass is 19.2. The summed E-state index contributed by atoms with van der Waals surface area (Å²) in [6.07, 6.45) is 16.2. The third kappa shape index (κ3) is 16.1. The molecular weight excluding hydrogens is 326 g/mol. The Balaban J connectivity index is 0. The molecule has 0 saturated heterocycles. The van der Waals surface area contributed by atoms with Crippen molar-refractivity contribution in [2.45, 2.75) is 144 Å². The number of hydrogen-bond acceptors (Lipinski definition) is 0. The van der Waals surface area contributed by atoms with Crippen LogP contribution in [0.3, 0.4) is 0 Å². The standard InChI is InChI=1S/C7H12F2.C7H14.C6H12.2C2H6/c1-5-3-2-4-6(8)7(5)9;1-7-5-3-2-4-6-7;1-2-4-6-5-3-1;2*1-2/h5-7H,2-4H2,1H3;7H,2-6H2,1H3;1-6H2;2*1-2H3. The Morgan fingerprint density at radius 2 is 0.885 bits per heavy atom. The second-order valence-electron chi connectivity index (χ2n) is 7.73. The fraction of sp³-hybridized carbons (Fsp3) is 1.00. The van der Waals surface area contributed by atoms with Crippen LogP contribution in [-0.2, 0) is 0 Å². The Morgan fingerprint density at radius 3 is 1.15 bits per heavy atom. The zero-order chi connectivity index (χ0) is 20.2. The summed E-state index contributed by atoms with van der Waals surface area (Å²) in [4.78, 5) is 0. The first kappa shape index (κ1) is 28.1. The zero-order valence-electron chi connectivity index (χ0n) is 19.0. The second kappa shape index (κ2) is 21.2. The van der Waals surface area contributed by atoms with Crippen LogP contribution in [0.15, 0.2) is 0 Å². The maximum Gasteiger partial charge on any atom is 0.134 e. The molecule has 0 bridgehead atoms. The predicted octanol–water partition coefficient (Wildman–Crippen LogP) is 9.46. The van der Waals surface area contributed by atoms with Gasteiger partial charge in [0.05, 0.1) is 0 Å². The van der Waals surface area contributed by atoms with Gasteiger partial charge in [-0.1, -0.05) is 119 Å². The van der Waals surface area contributed by atoms with Crippen LogP contribution in [0, 0.1) is 11.8 Å². The molecule has 0 radical (unpaired) electrons. The molecule has 0 aliphatic heterocycles. The predicted molar refractivity (Wildman–Crippen MR) is 115 cm³/mol. The van der Waals surface area contributed by atoms with Gasteiger partial charge in [0.15, 0.2) is 0 Å². The highest BCUT2D eigenvalue weighted by Gasteiger charge is 2.29. The lowest BCUT2D eigenvalue weighted by Gasteiger charge is -2.25. The minimum absolute atomic E-state index is 0.0613. The summed E-state index contributed by atoms with van der Waals surface area (Å²) in [6, 6.07) is 0. The quantitative estimate of drug-likeness (QED) is 0.395. The number of halogens is 2. The molecule has 3 unspecified atom stereocenters. The van der Waals surface area contributed by atoms with Gasteiger partial charge in [0, 0.05) is 0 Å². The first-order valence-electron chi connectivity index (χ1n) is 11.9. The third-order valence-electron chi connectivity index (χ3n) is 5.42. The monoisotopic (exact) mass is 376 g/mol. The number of hydrogen-bond donors (Lipinski definition) is 0. The van der Waals surface area contributed by atoms with E-state index in [9.17, 15) is 8.78 Å². The van der Waals surface area contributed by atoms with E-state index >= 15 is 0 Å². The van der Waals surface area contributed by atoms with E-state index in [0.29, 0.717) is 6.42 Å². The molecule has 0 aromatic carbocycles. The maximum absolute atomic E-state index is 12.6. The molecule has 160 valence electrons. The molecule has 3 aliphatic rings. The van der Waals surface area contributed by atoms with Gasteiger partial charge in [0.25, 0.3) is 0 Å². The third-order valence-corrected chi connectivity index (χ3v) is 5.42. The first-order valence-corrected chi connectivity index (χ1v) is 11.9. The summed E-state index contributed by atoms with van der Waals surface area (Å²) in [5, 5.41) is 0. The van der Waals surface area contributed by atoms with Crippen molar-refractivity contribution in [3.63, 3.8) is 0 Å². The van der Waals surface area contributed by atoms with E-state index in [-0.39, 0.29) is 5.92 Å². The van der Waals surface area contributed by atoms with Gasteiger partial charge in [-0.3, -0.25) is 0 Å². The first-order chi connectivity index (χ1) is 12.6. The highest BCUT2D eigenvalue weighted by molar-refractivity contribution is 4.79. The summed E-state index contributed by atoms with van der Waals surface area (Å²) in [5.74, 6) is 0.975. The van der Waals surface area contributed by atoms with Crippen molar-refractivity contribution >= 4 is 0 Å². The van der Waals surface area contributed by atoms with E-state index < -0.39 is 12.3 Å². The molecule has 26 heavy (non-hydrogen) atoms. The van der Waals surface area contributed by atoms with Gasteiger partial charge >= 0.3 is 0 Å². The Morgan fingerprint density at radius 1 is 0.500 bits per heavy atom. The van der Waals surface area contributed by atoms with Crippen molar-refractivity contribution in [1.82, 2.24) is 0 Å². The molecule has 3 aliphatic carbocycles. The van der Waals surface area contributed by atoms with E-state index in [4.69, 9.17) is 0 Å². The van der Waals surface area contributed by atoms with Crippen molar-refractivity contribution in [2.24, 2.45) is 11.8 Å². The summed E-state index contributed by atoms with van der Waals surface area (Å²) in [6.45, 7) is 12.1. The van der Waals surface area contributed by atoms with E-state index in [1.54, 1.807) is 6.92 Å². The SMILES string of the molecule is C1CCCCC1.CC.CC.CC1CCCC(F)C1F.CC1CCCCC1. The van der Waals surface area contributed by atoms with Crippen LogP contribution >= 0.6 is 0 Å². The van der Waals surface area contributed by atoms with Gasteiger partial charge in [0.1, 0.15) is 12.3 Å². The molecular formula is C24H50F2. The molecule has 0 spiro atoms. The summed E-state index contributed by atoms with van der Waals surface area (Å²) in [5.41, 5.74) is 0. The summed E-state index contributed by atoms with van der Waals surface area (Å²) >= 11 is 0. The second-order valence-corrected chi connectivity index (χ2v) is 7.73. The lowest BCUT2D eigenvalue weighted by molar-refractivity contribution is 0.0752. The minimum Gasteiger partial charge on any atom is -0.244 e. The van der Waals surface area contributed by atoms with Crippen molar-refractivity contribution < 1.29 is 8.78 Å². The molecule has 2 heteroatoms. The average Bonchev–Trinajstić information content (AvgIpc) is 2.72.